The second kappa shape index (κ2) is 4.96. The fourth-order valence-electron chi connectivity index (χ4n) is 1.75. The first-order chi connectivity index (χ1) is 7.03. The zero-order valence-electron chi connectivity index (χ0n) is 8.88. The molecule has 7 heteroatoms. The van der Waals surface area contributed by atoms with Crippen LogP contribution in [-0.2, 0) is 13.6 Å². The Balaban J connectivity index is 2.57. The molecule has 0 atom stereocenters. The van der Waals surface area contributed by atoms with E-state index in [0.717, 1.165) is 0 Å². The maximum atomic E-state index is 12.0. The first-order valence-electron chi connectivity index (χ1n) is 4.72. The van der Waals surface area contributed by atoms with Crippen LogP contribution in [0.3, 0.4) is 0 Å². The van der Waals surface area contributed by atoms with Gasteiger partial charge in [-0.15, -0.1) is 0 Å². The highest BCUT2D eigenvalue weighted by atomic mass is 31.2. The van der Waals surface area contributed by atoms with Crippen molar-refractivity contribution in [3.63, 3.8) is 0 Å². The van der Waals surface area contributed by atoms with Crippen LogP contribution in [0.2, 0.25) is 0 Å². The predicted molar refractivity (Wildman–Crippen MR) is 54.2 cm³/mol. The van der Waals surface area contributed by atoms with E-state index < -0.39 is 13.7 Å². The first kappa shape index (κ1) is 12.5. The standard InChI is InChI=1S/C8H16NO5P/c1-13-15(12,14-2)7-3-5-9(6-4-7)8(10)11/h7H,3-6H2,1-2H3,(H,10,11). The summed E-state index contributed by atoms with van der Waals surface area (Å²) in [5, 5.41) is 8.74. The van der Waals surface area contributed by atoms with Gasteiger partial charge < -0.3 is 19.1 Å². The molecular weight excluding hydrogens is 221 g/mol. The highest BCUT2D eigenvalue weighted by Gasteiger charge is 2.37. The summed E-state index contributed by atoms with van der Waals surface area (Å²) in [6.45, 7) is 0.771. The summed E-state index contributed by atoms with van der Waals surface area (Å²) in [6.07, 6.45) is 0.106. The van der Waals surface area contributed by atoms with E-state index in [1.165, 1.54) is 19.1 Å². The molecule has 1 aliphatic heterocycles. The minimum Gasteiger partial charge on any atom is -0.465 e. The highest BCUT2D eigenvalue weighted by Crippen LogP contribution is 2.54. The Labute approximate surface area is 88.7 Å². The molecule has 0 aromatic rings. The van der Waals surface area contributed by atoms with Gasteiger partial charge in [-0.2, -0.15) is 0 Å². The Kier molecular flexibility index (Phi) is 4.13. The van der Waals surface area contributed by atoms with Crippen molar-refractivity contribution in [1.82, 2.24) is 4.90 Å². The molecule has 1 amide bonds. The normalized spacial score (nSPS) is 19.2. The Morgan fingerprint density at radius 3 is 2.13 bits per heavy atom. The molecule has 0 bridgehead atoms. The lowest BCUT2D eigenvalue weighted by atomic mass is 10.1. The van der Waals surface area contributed by atoms with Gasteiger partial charge in [0.2, 0.25) is 0 Å². The summed E-state index contributed by atoms with van der Waals surface area (Å²) in [5.41, 5.74) is -0.192. The molecule has 0 aliphatic carbocycles. The maximum Gasteiger partial charge on any atom is 0.407 e. The van der Waals surface area contributed by atoms with E-state index in [-0.39, 0.29) is 5.66 Å². The lowest BCUT2D eigenvalue weighted by Gasteiger charge is -2.32. The third kappa shape index (κ3) is 2.71. The Hall–Kier alpha value is -0.580. The Morgan fingerprint density at radius 1 is 1.33 bits per heavy atom. The molecule has 0 unspecified atom stereocenters. The van der Waals surface area contributed by atoms with Crippen LogP contribution in [0.5, 0.6) is 0 Å². The molecule has 0 aromatic carbocycles. The van der Waals surface area contributed by atoms with Crippen LogP contribution in [0.1, 0.15) is 12.8 Å². The third-order valence-corrected chi connectivity index (χ3v) is 5.12. The van der Waals surface area contributed by atoms with E-state index in [2.05, 4.69) is 0 Å². The maximum absolute atomic E-state index is 12.0. The van der Waals surface area contributed by atoms with Crippen molar-refractivity contribution in [1.29, 1.82) is 0 Å². The third-order valence-electron chi connectivity index (χ3n) is 2.69. The predicted octanol–water partition coefficient (Wildman–Crippen LogP) is 1.61. The van der Waals surface area contributed by atoms with Crippen LogP contribution >= 0.6 is 7.60 Å². The van der Waals surface area contributed by atoms with E-state index in [4.69, 9.17) is 14.2 Å². The number of hydrogen-bond acceptors (Lipinski definition) is 4. The smallest absolute Gasteiger partial charge is 0.407 e. The average Bonchev–Trinajstić information content (AvgIpc) is 2.28. The number of carbonyl (C=O) groups is 1. The second-order valence-corrected chi connectivity index (χ2v) is 5.95. The summed E-state index contributed by atoms with van der Waals surface area (Å²) >= 11 is 0. The molecule has 0 radical (unpaired) electrons. The largest absolute Gasteiger partial charge is 0.465 e. The van der Waals surface area contributed by atoms with Crippen molar-refractivity contribution in [3.8, 4) is 0 Å². The summed E-state index contributed by atoms with van der Waals surface area (Å²) in [4.78, 5) is 12.0. The van der Waals surface area contributed by atoms with Crippen LogP contribution in [0.25, 0.3) is 0 Å². The summed E-state index contributed by atoms with van der Waals surface area (Å²) < 4.78 is 21.8. The molecule has 1 fully saturated rings. The van der Waals surface area contributed by atoms with Crippen molar-refractivity contribution in [2.75, 3.05) is 27.3 Å². The molecule has 1 rings (SSSR count). The topological polar surface area (TPSA) is 76.1 Å². The molecule has 1 saturated heterocycles. The summed E-state index contributed by atoms with van der Waals surface area (Å²) in [5.74, 6) is 0. The first-order valence-corrected chi connectivity index (χ1v) is 6.33. The minimum atomic E-state index is -3.03. The van der Waals surface area contributed by atoms with E-state index in [1.807, 2.05) is 0 Å². The quantitative estimate of drug-likeness (QED) is 0.754. The van der Waals surface area contributed by atoms with Gasteiger partial charge in [-0.25, -0.2) is 4.79 Å². The van der Waals surface area contributed by atoms with E-state index in [0.29, 0.717) is 25.9 Å². The Morgan fingerprint density at radius 2 is 1.80 bits per heavy atom. The van der Waals surface area contributed by atoms with Gasteiger partial charge in [0.05, 0.1) is 5.66 Å². The number of likely N-dealkylation sites (tertiary alicyclic amines) is 1. The lowest BCUT2D eigenvalue weighted by Crippen LogP contribution is -2.39. The Bertz CT molecular complexity index is 266. The van der Waals surface area contributed by atoms with Gasteiger partial charge in [0, 0.05) is 27.3 Å². The van der Waals surface area contributed by atoms with Gasteiger partial charge in [-0.3, -0.25) is 4.57 Å². The molecule has 0 spiro atoms. The molecular formula is C8H16NO5P. The number of nitrogens with zero attached hydrogens (tertiary/aromatic N) is 1. The molecule has 15 heavy (non-hydrogen) atoms. The lowest BCUT2D eigenvalue weighted by molar-refractivity contribution is 0.133. The van der Waals surface area contributed by atoms with Crippen LogP contribution in [0.15, 0.2) is 0 Å². The van der Waals surface area contributed by atoms with Gasteiger partial charge in [-0.1, -0.05) is 0 Å². The molecule has 1 aliphatic rings. The zero-order valence-corrected chi connectivity index (χ0v) is 9.77. The second-order valence-electron chi connectivity index (χ2n) is 3.41. The van der Waals surface area contributed by atoms with Crippen LogP contribution in [0, 0.1) is 0 Å². The summed E-state index contributed by atoms with van der Waals surface area (Å²) in [7, 11) is -0.323. The van der Waals surface area contributed by atoms with Crippen molar-refractivity contribution < 1.29 is 23.5 Å². The van der Waals surface area contributed by atoms with E-state index in [1.54, 1.807) is 0 Å². The molecule has 0 saturated carbocycles. The molecule has 0 aromatic heterocycles. The number of carboxylic acid groups (broad SMARTS) is 1. The zero-order chi connectivity index (χ0) is 11.5. The van der Waals surface area contributed by atoms with Crippen LogP contribution < -0.4 is 0 Å². The van der Waals surface area contributed by atoms with Crippen molar-refractivity contribution in [2.45, 2.75) is 18.5 Å². The number of hydrogen-bond donors (Lipinski definition) is 1. The van der Waals surface area contributed by atoms with Gasteiger partial charge in [-0.05, 0) is 12.8 Å². The average molecular weight is 237 g/mol. The van der Waals surface area contributed by atoms with Crippen LogP contribution in [0.4, 0.5) is 4.79 Å². The van der Waals surface area contributed by atoms with Gasteiger partial charge >= 0.3 is 13.7 Å². The van der Waals surface area contributed by atoms with Gasteiger partial charge in [0.25, 0.3) is 0 Å². The van der Waals surface area contributed by atoms with Crippen LogP contribution in [-0.4, -0.2) is 49.1 Å². The van der Waals surface area contributed by atoms with Gasteiger partial charge in [0.1, 0.15) is 0 Å². The number of amides is 1. The molecule has 6 nitrogen and oxygen atoms in total. The van der Waals surface area contributed by atoms with Crippen molar-refractivity contribution in [2.24, 2.45) is 0 Å². The van der Waals surface area contributed by atoms with E-state index >= 15 is 0 Å². The van der Waals surface area contributed by atoms with Crippen molar-refractivity contribution >= 4 is 13.7 Å². The van der Waals surface area contributed by atoms with Crippen molar-refractivity contribution in [3.05, 3.63) is 0 Å². The molecule has 1 N–H and O–H groups in total. The fraction of sp³-hybridized carbons (Fsp3) is 0.875. The number of rotatable bonds is 3. The number of piperidine rings is 1. The molecule has 88 valence electrons. The summed E-state index contributed by atoms with van der Waals surface area (Å²) in [6, 6.07) is 0. The molecule has 1 heterocycles. The monoisotopic (exact) mass is 237 g/mol. The van der Waals surface area contributed by atoms with E-state index in [9.17, 15) is 9.36 Å². The fourth-order valence-corrected chi connectivity index (χ4v) is 3.35. The minimum absolute atomic E-state index is 0.192. The van der Waals surface area contributed by atoms with Gasteiger partial charge in [0.15, 0.2) is 0 Å². The highest BCUT2D eigenvalue weighted by molar-refractivity contribution is 7.54. The SMILES string of the molecule is COP(=O)(OC)C1CCN(C(=O)O)CC1.